The SMILES string of the molecule is Cn1nnc(NC(=O)c2ccn(C)c(=O)c2)n1. The second kappa shape index (κ2) is 4.16. The summed E-state index contributed by atoms with van der Waals surface area (Å²) in [6.07, 6.45) is 1.52. The fourth-order valence-corrected chi connectivity index (χ4v) is 1.20. The van der Waals surface area contributed by atoms with E-state index in [2.05, 4.69) is 20.7 Å². The van der Waals surface area contributed by atoms with Crippen molar-refractivity contribution in [2.75, 3.05) is 5.32 Å². The predicted octanol–water partition coefficient (Wildman–Crippen LogP) is -0.839. The van der Waals surface area contributed by atoms with Gasteiger partial charge >= 0.3 is 0 Å². The minimum Gasteiger partial charge on any atom is -0.319 e. The molecule has 0 aliphatic carbocycles. The number of aromatic nitrogens is 5. The van der Waals surface area contributed by atoms with Crippen LogP contribution in [0.3, 0.4) is 0 Å². The normalized spacial score (nSPS) is 10.2. The molecule has 0 aliphatic rings. The summed E-state index contributed by atoms with van der Waals surface area (Å²) in [6, 6.07) is 2.78. The summed E-state index contributed by atoms with van der Waals surface area (Å²) < 4.78 is 1.37. The van der Waals surface area contributed by atoms with Crippen molar-refractivity contribution in [3.8, 4) is 0 Å². The maximum atomic E-state index is 11.7. The third-order valence-corrected chi connectivity index (χ3v) is 2.10. The number of anilines is 1. The summed E-state index contributed by atoms with van der Waals surface area (Å²) in [5.74, 6) is -0.353. The smallest absolute Gasteiger partial charge is 0.270 e. The Balaban J connectivity index is 2.20. The topological polar surface area (TPSA) is 94.7 Å². The minimum absolute atomic E-state index is 0.0955. The molecule has 2 aromatic heterocycles. The molecular formula is C9H10N6O2. The quantitative estimate of drug-likeness (QED) is 0.731. The van der Waals surface area contributed by atoms with Crippen molar-refractivity contribution in [1.29, 1.82) is 0 Å². The zero-order valence-electron chi connectivity index (χ0n) is 9.28. The lowest BCUT2D eigenvalue weighted by Gasteiger charge is -2.01. The van der Waals surface area contributed by atoms with Gasteiger partial charge in [-0.25, -0.2) is 0 Å². The van der Waals surface area contributed by atoms with Crippen LogP contribution in [0.2, 0.25) is 0 Å². The van der Waals surface area contributed by atoms with Crippen LogP contribution in [-0.4, -0.2) is 30.7 Å². The van der Waals surface area contributed by atoms with Crippen molar-refractivity contribution in [3.05, 3.63) is 34.2 Å². The van der Waals surface area contributed by atoms with E-state index < -0.39 is 5.91 Å². The van der Waals surface area contributed by atoms with Gasteiger partial charge in [-0.3, -0.25) is 14.9 Å². The van der Waals surface area contributed by atoms with E-state index in [4.69, 9.17) is 0 Å². The Labute approximate surface area is 95.9 Å². The molecule has 88 valence electrons. The molecule has 0 bridgehead atoms. The van der Waals surface area contributed by atoms with Crippen molar-refractivity contribution in [1.82, 2.24) is 24.8 Å². The van der Waals surface area contributed by atoms with E-state index in [-0.39, 0.29) is 17.1 Å². The second-order valence-electron chi connectivity index (χ2n) is 3.42. The predicted molar refractivity (Wildman–Crippen MR) is 58.4 cm³/mol. The largest absolute Gasteiger partial charge is 0.319 e. The van der Waals surface area contributed by atoms with Crippen LogP contribution in [0.25, 0.3) is 0 Å². The maximum absolute atomic E-state index is 11.7. The molecule has 0 fully saturated rings. The molecule has 2 aromatic rings. The van der Waals surface area contributed by atoms with Gasteiger partial charge in [-0.1, -0.05) is 5.10 Å². The molecule has 0 aliphatic heterocycles. The number of aryl methyl sites for hydroxylation is 2. The summed E-state index contributed by atoms with van der Waals surface area (Å²) in [5, 5.41) is 13.4. The highest BCUT2D eigenvalue weighted by molar-refractivity contribution is 6.03. The molecule has 2 heterocycles. The number of carbonyl (C=O) groups is 1. The molecule has 0 saturated heterocycles. The molecule has 0 aromatic carbocycles. The molecule has 0 radical (unpaired) electrons. The molecule has 1 amide bonds. The summed E-state index contributed by atoms with van der Waals surface area (Å²) in [6.45, 7) is 0. The molecule has 8 nitrogen and oxygen atoms in total. The van der Waals surface area contributed by atoms with E-state index in [0.29, 0.717) is 0 Å². The highest BCUT2D eigenvalue weighted by atomic mass is 16.2. The number of hydrogen-bond donors (Lipinski definition) is 1. The Morgan fingerprint density at radius 1 is 1.41 bits per heavy atom. The van der Waals surface area contributed by atoms with Crippen LogP contribution in [0.15, 0.2) is 23.1 Å². The van der Waals surface area contributed by atoms with Crippen LogP contribution in [0.5, 0.6) is 0 Å². The zero-order valence-corrected chi connectivity index (χ0v) is 9.28. The van der Waals surface area contributed by atoms with Gasteiger partial charge in [-0.2, -0.15) is 4.80 Å². The monoisotopic (exact) mass is 234 g/mol. The molecule has 0 saturated carbocycles. The average molecular weight is 234 g/mol. The number of amides is 1. The number of pyridine rings is 1. The molecule has 0 spiro atoms. The fraction of sp³-hybridized carbons (Fsp3) is 0.222. The first-order chi connectivity index (χ1) is 8.06. The van der Waals surface area contributed by atoms with Crippen molar-refractivity contribution in [2.45, 2.75) is 0 Å². The van der Waals surface area contributed by atoms with Crippen LogP contribution in [0.1, 0.15) is 10.4 Å². The summed E-state index contributed by atoms with van der Waals surface area (Å²) in [5.41, 5.74) is -0.00897. The van der Waals surface area contributed by atoms with Crippen molar-refractivity contribution >= 4 is 11.9 Å². The molecule has 17 heavy (non-hydrogen) atoms. The van der Waals surface area contributed by atoms with Gasteiger partial charge in [0.25, 0.3) is 17.4 Å². The Bertz CT molecular complexity index is 614. The summed E-state index contributed by atoms with van der Waals surface area (Å²) in [4.78, 5) is 24.3. The third-order valence-electron chi connectivity index (χ3n) is 2.10. The lowest BCUT2D eigenvalue weighted by Crippen LogP contribution is -2.20. The van der Waals surface area contributed by atoms with Gasteiger partial charge in [0.05, 0.1) is 7.05 Å². The van der Waals surface area contributed by atoms with Crippen molar-refractivity contribution < 1.29 is 4.79 Å². The van der Waals surface area contributed by atoms with Gasteiger partial charge in [0.2, 0.25) is 0 Å². The van der Waals surface area contributed by atoms with E-state index >= 15 is 0 Å². The highest BCUT2D eigenvalue weighted by Gasteiger charge is 2.09. The second-order valence-corrected chi connectivity index (χ2v) is 3.42. The first kappa shape index (κ1) is 11.0. The lowest BCUT2D eigenvalue weighted by atomic mass is 10.2. The van der Waals surface area contributed by atoms with E-state index in [1.165, 1.54) is 27.7 Å². The Morgan fingerprint density at radius 2 is 2.18 bits per heavy atom. The number of rotatable bonds is 2. The van der Waals surface area contributed by atoms with Gasteiger partial charge in [0.15, 0.2) is 0 Å². The van der Waals surface area contributed by atoms with Gasteiger partial charge in [0.1, 0.15) is 0 Å². The first-order valence-corrected chi connectivity index (χ1v) is 4.78. The van der Waals surface area contributed by atoms with Crippen LogP contribution >= 0.6 is 0 Å². The van der Waals surface area contributed by atoms with Crippen molar-refractivity contribution in [2.24, 2.45) is 14.1 Å². The molecule has 0 atom stereocenters. The van der Waals surface area contributed by atoms with Gasteiger partial charge in [0, 0.05) is 24.9 Å². The molecule has 0 unspecified atom stereocenters. The van der Waals surface area contributed by atoms with Crippen molar-refractivity contribution in [3.63, 3.8) is 0 Å². The number of carbonyl (C=O) groups excluding carboxylic acids is 1. The molecule has 1 N–H and O–H groups in total. The number of nitrogens with zero attached hydrogens (tertiary/aromatic N) is 5. The van der Waals surface area contributed by atoms with E-state index in [0.717, 1.165) is 0 Å². The summed E-state index contributed by atoms with van der Waals surface area (Å²) >= 11 is 0. The number of tetrazole rings is 1. The molecule has 8 heteroatoms. The number of hydrogen-bond acceptors (Lipinski definition) is 5. The fourth-order valence-electron chi connectivity index (χ4n) is 1.20. The van der Waals surface area contributed by atoms with E-state index in [9.17, 15) is 9.59 Å². The highest BCUT2D eigenvalue weighted by Crippen LogP contribution is 1.99. The van der Waals surface area contributed by atoms with Gasteiger partial charge in [-0.15, -0.1) is 5.10 Å². The van der Waals surface area contributed by atoms with Crippen LogP contribution in [0, 0.1) is 0 Å². The Hall–Kier alpha value is -2.51. The van der Waals surface area contributed by atoms with Crippen LogP contribution in [0.4, 0.5) is 5.95 Å². The summed E-state index contributed by atoms with van der Waals surface area (Å²) in [7, 11) is 3.19. The van der Waals surface area contributed by atoms with Gasteiger partial charge < -0.3 is 4.57 Å². The van der Waals surface area contributed by atoms with Crippen LogP contribution in [-0.2, 0) is 14.1 Å². The first-order valence-electron chi connectivity index (χ1n) is 4.78. The maximum Gasteiger partial charge on any atom is 0.270 e. The van der Waals surface area contributed by atoms with Gasteiger partial charge in [-0.05, 0) is 11.3 Å². The lowest BCUT2D eigenvalue weighted by molar-refractivity contribution is 0.102. The van der Waals surface area contributed by atoms with E-state index in [1.54, 1.807) is 14.1 Å². The van der Waals surface area contributed by atoms with Crippen LogP contribution < -0.4 is 10.9 Å². The van der Waals surface area contributed by atoms with E-state index in [1.807, 2.05) is 0 Å². The average Bonchev–Trinajstić information content (AvgIpc) is 2.68. The Morgan fingerprint density at radius 3 is 2.76 bits per heavy atom. The Kier molecular flexibility index (Phi) is 2.69. The molecule has 2 rings (SSSR count). The minimum atomic E-state index is -0.448. The number of nitrogens with one attached hydrogen (secondary N) is 1. The standard InChI is InChI=1S/C9H10N6O2/c1-14-4-3-6(5-7(14)16)8(17)10-9-11-13-15(2)12-9/h3-5H,1-2H3,(H,10,12,17). The zero-order chi connectivity index (χ0) is 12.4. The molecular weight excluding hydrogens is 224 g/mol. The third kappa shape index (κ3) is 2.36.